The van der Waals surface area contributed by atoms with E-state index >= 15 is 0 Å². The molecule has 0 aliphatic heterocycles. The van der Waals surface area contributed by atoms with Crippen molar-refractivity contribution >= 4 is 16.5 Å². The molecule has 1 N–H and O–H groups in total. The maximum absolute atomic E-state index is 12.5. The summed E-state index contributed by atoms with van der Waals surface area (Å²) in [6.45, 7) is 6.80. The molecule has 0 fully saturated rings. The molecular weight excluding hydrogens is 299 g/mol. The van der Waals surface area contributed by atoms with E-state index in [0.29, 0.717) is 11.7 Å². The largest absolute Gasteiger partial charge is 0.405 e. The van der Waals surface area contributed by atoms with Crippen molar-refractivity contribution in [2.45, 2.75) is 52.3 Å². The Labute approximate surface area is 128 Å². The number of anilines is 1. The molecule has 0 saturated heterocycles. The first-order valence-electron chi connectivity index (χ1n) is 7.26. The first-order valence-corrected chi connectivity index (χ1v) is 8.08. The highest BCUT2D eigenvalue weighted by molar-refractivity contribution is 7.15. The van der Waals surface area contributed by atoms with Crippen LogP contribution < -0.4 is 10.2 Å². The molecule has 0 radical (unpaired) electrons. The van der Waals surface area contributed by atoms with Crippen LogP contribution >= 0.6 is 11.3 Å². The first kappa shape index (κ1) is 18.2. The monoisotopic (exact) mass is 323 g/mol. The SMILES string of the molecule is CCCNCc1sc(N(C)CC(F)(F)F)nc1C(C)CC. The van der Waals surface area contributed by atoms with Gasteiger partial charge >= 0.3 is 6.18 Å². The van der Waals surface area contributed by atoms with E-state index in [9.17, 15) is 13.2 Å². The molecule has 0 aliphatic carbocycles. The van der Waals surface area contributed by atoms with Crippen LogP contribution in [0.4, 0.5) is 18.3 Å². The molecule has 1 heterocycles. The van der Waals surface area contributed by atoms with Gasteiger partial charge in [-0.3, -0.25) is 0 Å². The summed E-state index contributed by atoms with van der Waals surface area (Å²) in [5.74, 6) is 0.257. The number of aromatic nitrogens is 1. The van der Waals surface area contributed by atoms with E-state index in [0.717, 1.165) is 30.0 Å². The van der Waals surface area contributed by atoms with Gasteiger partial charge in [-0.25, -0.2) is 4.98 Å². The van der Waals surface area contributed by atoms with Crippen LogP contribution in [-0.4, -0.2) is 31.3 Å². The number of thiazole rings is 1. The molecule has 1 rings (SSSR count). The Morgan fingerprint density at radius 2 is 2.00 bits per heavy atom. The summed E-state index contributed by atoms with van der Waals surface area (Å²) in [6, 6.07) is 0. The number of nitrogens with zero attached hydrogens (tertiary/aromatic N) is 2. The lowest BCUT2D eigenvalue weighted by Gasteiger charge is -2.17. The summed E-state index contributed by atoms with van der Waals surface area (Å²) in [4.78, 5) is 6.67. The summed E-state index contributed by atoms with van der Waals surface area (Å²) in [5, 5.41) is 3.74. The van der Waals surface area contributed by atoms with Crippen LogP contribution in [-0.2, 0) is 6.54 Å². The molecule has 0 aliphatic rings. The van der Waals surface area contributed by atoms with Crippen molar-refractivity contribution in [3.8, 4) is 0 Å². The van der Waals surface area contributed by atoms with E-state index in [1.165, 1.54) is 23.3 Å². The lowest BCUT2D eigenvalue weighted by atomic mass is 10.0. The average Bonchev–Trinajstić information content (AvgIpc) is 2.80. The molecule has 0 spiro atoms. The van der Waals surface area contributed by atoms with Gasteiger partial charge in [0, 0.05) is 18.5 Å². The highest BCUT2D eigenvalue weighted by Crippen LogP contribution is 2.32. The third-order valence-corrected chi connectivity index (χ3v) is 4.44. The fraction of sp³-hybridized carbons (Fsp3) is 0.786. The fourth-order valence-corrected chi connectivity index (χ4v) is 3.04. The van der Waals surface area contributed by atoms with Gasteiger partial charge in [0.2, 0.25) is 0 Å². The predicted molar refractivity (Wildman–Crippen MR) is 82.1 cm³/mol. The number of alkyl halides is 3. The van der Waals surface area contributed by atoms with Gasteiger partial charge in [-0.15, -0.1) is 11.3 Å². The number of halogens is 3. The van der Waals surface area contributed by atoms with E-state index in [2.05, 4.69) is 31.1 Å². The van der Waals surface area contributed by atoms with Crippen LogP contribution in [0.25, 0.3) is 0 Å². The van der Waals surface area contributed by atoms with E-state index in [4.69, 9.17) is 0 Å². The number of rotatable bonds is 8. The van der Waals surface area contributed by atoms with Crippen molar-refractivity contribution in [1.29, 1.82) is 0 Å². The summed E-state index contributed by atoms with van der Waals surface area (Å²) in [6.07, 6.45) is -2.26. The number of hydrogen-bond donors (Lipinski definition) is 1. The van der Waals surface area contributed by atoms with Gasteiger partial charge in [0.25, 0.3) is 0 Å². The first-order chi connectivity index (χ1) is 9.78. The second-order valence-corrected chi connectivity index (χ2v) is 6.32. The van der Waals surface area contributed by atoms with Gasteiger partial charge < -0.3 is 10.2 Å². The Morgan fingerprint density at radius 1 is 1.33 bits per heavy atom. The number of nitrogens with one attached hydrogen (secondary N) is 1. The van der Waals surface area contributed by atoms with Gasteiger partial charge in [0.15, 0.2) is 5.13 Å². The molecule has 122 valence electrons. The smallest absolute Gasteiger partial charge is 0.342 e. The second kappa shape index (κ2) is 7.98. The maximum atomic E-state index is 12.5. The Bertz CT molecular complexity index is 432. The lowest BCUT2D eigenvalue weighted by Crippen LogP contribution is -2.30. The van der Waals surface area contributed by atoms with Gasteiger partial charge in [0.1, 0.15) is 6.54 Å². The third kappa shape index (κ3) is 5.82. The fourth-order valence-electron chi connectivity index (χ4n) is 1.93. The quantitative estimate of drug-likeness (QED) is 0.728. The molecule has 0 aromatic carbocycles. The van der Waals surface area contributed by atoms with Crippen LogP contribution in [0.5, 0.6) is 0 Å². The van der Waals surface area contributed by atoms with Gasteiger partial charge in [-0.05, 0) is 25.3 Å². The average molecular weight is 323 g/mol. The molecule has 0 saturated carbocycles. The summed E-state index contributed by atoms with van der Waals surface area (Å²) in [5.41, 5.74) is 0.926. The van der Waals surface area contributed by atoms with Crippen LogP contribution in [0.1, 0.15) is 50.1 Å². The van der Waals surface area contributed by atoms with Crippen LogP contribution in [0.3, 0.4) is 0 Å². The minimum Gasteiger partial charge on any atom is -0.342 e. The second-order valence-electron chi connectivity index (χ2n) is 5.26. The molecule has 21 heavy (non-hydrogen) atoms. The summed E-state index contributed by atoms with van der Waals surface area (Å²) >= 11 is 1.35. The molecule has 1 unspecified atom stereocenters. The van der Waals surface area contributed by atoms with Gasteiger partial charge in [-0.2, -0.15) is 13.2 Å². The zero-order valence-corrected chi connectivity index (χ0v) is 13.9. The Morgan fingerprint density at radius 3 is 2.52 bits per heavy atom. The van der Waals surface area contributed by atoms with Crippen molar-refractivity contribution in [2.75, 3.05) is 25.0 Å². The zero-order chi connectivity index (χ0) is 16.0. The van der Waals surface area contributed by atoms with Gasteiger partial charge in [-0.1, -0.05) is 20.8 Å². The van der Waals surface area contributed by atoms with E-state index in [-0.39, 0.29) is 5.92 Å². The normalized spacial score (nSPS) is 13.5. The maximum Gasteiger partial charge on any atom is 0.405 e. The topological polar surface area (TPSA) is 28.2 Å². The molecule has 7 heteroatoms. The summed E-state index contributed by atoms with van der Waals surface area (Å²) in [7, 11) is 1.44. The summed E-state index contributed by atoms with van der Waals surface area (Å²) < 4.78 is 37.5. The highest BCUT2D eigenvalue weighted by atomic mass is 32.1. The van der Waals surface area contributed by atoms with E-state index in [1.54, 1.807) is 0 Å². The molecule has 1 aromatic rings. The molecule has 3 nitrogen and oxygen atoms in total. The predicted octanol–water partition coefficient (Wildman–Crippen LogP) is 4.15. The molecule has 0 bridgehead atoms. The molecule has 1 aromatic heterocycles. The standard InChI is InChI=1S/C14H24F3N3S/c1-5-7-18-8-11-12(10(3)6-2)19-13(21-11)20(4)9-14(15,16)17/h10,18H,5-9H2,1-4H3. The van der Waals surface area contributed by atoms with Crippen LogP contribution in [0, 0.1) is 0 Å². The Kier molecular flexibility index (Phi) is 6.93. The zero-order valence-electron chi connectivity index (χ0n) is 13.0. The Balaban J connectivity index is 2.90. The van der Waals surface area contributed by atoms with Gasteiger partial charge in [0.05, 0.1) is 5.69 Å². The number of hydrogen-bond acceptors (Lipinski definition) is 4. The van der Waals surface area contributed by atoms with Crippen LogP contribution in [0.15, 0.2) is 0 Å². The van der Waals surface area contributed by atoms with Crippen molar-refractivity contribution in [1.82, 2.24) is 10.3 Å². The van der Waals surface area contributed by atoms with Crippen molar-refractivity contribution in [3.63, 3.8) is 0 Å². The minimum atomic E-state index is -4.21. The lowest BCUT2D eigenvalue weighted by molar-refractivity contribution is -0.119. The molecule has 1 atom stereocenters. The van der Waals surface area contributed by atoms with Crippen molar-refractivity contribution in [2.24, 2.45) is 0 Å². The van der Waals surface area contributed by atoms with Crippen LogP contribution in [0.2, 0.25) is 0 Å². The highest BCUT2D eigenvalue weighted by Gasteiger charge is 2.31. The van der Waals surface area contributed by atoms with Crippen molar-refractivity contribution in [3.05, 3.63) is 10.6 Å². The molecule has 0 amide bonds. The molecular formula is C14H24F3N3S. The third-order valence-electron chi connectivity index (χ3n) is 3.25. The van der Waals surface area contributed by atoms with Crippen molar-refractivity contribution < 1.29 is 13.2 Å². The van der Waals surface area contributed by atoms with E-state index < -0.39 is 12.7 Å². The van der Waals surface area contributed by atoms with E-state index in [1.807, 2.05) is 0 Å². The Hall–Kier alpha value is -0.820. The minimum absolute atomic E-state index is 0.257.